The molecule has 8 nitrogen and oxygen atoms in total. The molecule has 0 radical (unpaired) electrons. The number of sulfonamides is 1. The summed E-state index contributed by atoms with van der Waals surface area (Å²) in [6, 6.07) is 18.8. The predicted octanol–water partition coefficient (Wildman–Crippen LogP) is 3.38. The Bertz CT molecular complexity index is 1120. The summed E-state index contributed by atoms with van der Waals surface area (Å²) >= 11 is 0. The van der Waals surface area contributed by atoms with Crippen molar-refractivity contribution in [3.8, 4) is 0 Å². The first-order valence-electron chi connectivity index (χ1n) is 10.6. The Hall–Kier alpha value is -3.17. The molecule has 168 valence electrons. The normalized spacial score (nSPS) is 15.4. The van der Waals surface area contributed by atoms with E-state index in [0.29, 0.717) is 31.9 Å². The van der Waals surface area contributed by atoms with E-state index in [9.17, 15) is 13.2 Å². The summed E-state index contributed by atoms with van der Waals surface area (Å²) in [6.07, 6.45) is 2.08. The first-order chi connectivity index (χ1) is 15.4. The fraction of sp³-hybridized carbons (Fsp3) is 0.304. The lowest BCUT2D eigenvalue weighted by Gasteiger charge is -2.30. The number of hydrogen-bond donors (Lipinski definition) is 0. The molecule has 0 unspecified atom stereocenters. The molecule has 0 saturated carbocycles. The highest BCUT2D eigenvalue weighted by Gasteiger charge is 2.32. The minimum absolute atomic E-state index is 0.0486. The Morgan fingerprint density at radius 2 is 1.50 bits per heavy atom. The standard InChI is InChI=1S/C23H27N5O3S/c1-19-24-22(18-25(19)2)32(30,31)27-15-9-14-26(16-17-27)23(29)28(20-10-5-3-6-11-20)21-12-7-4-8-13-21/h3-8,10-13,18H,9,14-17H2,1-2H3. The quantitative estimate of drug-likeness (QED) is 0.607. The van der Waals surface area contributed by atoms with Crippen LogP contribution in [-0.2, 0) is 17.1 Å². The number of carbonyl (C=O) groups is 1. The van der Waals surface area contributed by atoms with Crippen molar-refractivity contribution in [1.82, 2.24) is 18.8 Å². The van der Waals surface area contributed by atoms with Gasteiger partial charge in [-0.2, -0.15) is 4.31 Å². The van der Waals surface area contributed by atoms with E-state index < -0.39 is 10.0 Å². The van der Waals surface area contributed by atoms with Crippen molar-refractivity contribution >= 4 is 27.4 Å². The molecule has 0 N–H and O–H groups in total. The van der Waals surface area contributed by atoms with Gasteiger partial charge in [0, 0.05) is 39.4 Å². The third-order valence-corrected chi connectivity index (χ3v) is 7.41. The van der Waals surface area contributed by atoms with Crippen molar-refractivity contribution < 1.29 is 13.2 Å². The lowest BCUT2D eigenvalue weighted by Crippen LogP contribution is -2.43. The molecule has 1 fully saturated rings. The van der Waals surface area contributed by atoms with E-state index in [1.54, 1.807) is 28.3 Å². The summed E-state index contributed by atoms with van der Waals surface area (Å²) in [5, 5.41) is 0.0486. The summed E-state index contributed by atoms with van der Waals surface area (Å²) in [5.41, 5.74) is 1.53. The molecule has 32 heavy (non-hydrogen) atoms. The van der Waals surface area contributed by atoms with Gasteiger partial charge in [-0.1, -0.05) is 36.4 Å². The monoisotopic (exact) mass is 453 g/mol. The molecule has 2 heterocycles. The number of benzene rings is 2. The maximum absolute atomic E-state index is 13.6. The number of para-hydroxylation sites is 2. The zero-order valence-electron chi connectivity index (χ0n) is 18.3. The van der Waals surface area contributed by atoms with Crippen LogP contribution >= 0.6 is 0 Å². The van der Waals surface area contributed by atoms with Crippen molar-refractivity contribution in [3.05, 3.63) is 72.7 Å². The van der Waals surface area contributed by atoms with Crippen molar-refractivity contribution in [2.45, 2.75) is 18.4 Å². The second-order valence-corrected chi connectivity index (χ2v) is 9.66. The van der Waals surface area contributed by atoms with Gasteiger partial charge in [0.1, 0.15) is 5.82 Å². The van der Waals surface area contributed by atoms with E-state index in [1.807, 2.05) is 60.7 Å². The molecule has 4 rings (SSSR count). The highest BCUT2D eigenvalue weighted by atomic mass is 32.2. The first-order valence-corrected chi connectivity index (χ1v) is 12.0. The van der Waals surface area contributed by atoms with E-state index in [-0.39, 0.29) is 17.6 Å². The SMILES string of the molecule is Cc1nc(S(=O)(=O)N2CCCN(C(=O)N(c3ccccc3)c3ccccc3)CC2)cn1C. The maximum Gasteiger partial charge on any atom is 0.329 e. The Balaban J connectivity index is 1.56. The van der Waals surface area contributed by atoms with Gasteiger partial charge in [-0.15, -0.1) is 0 Å². The zero-order valence-corrected chi connectivity index (χ0v) is 19.1. The number of aromatic nitrogens is 2. The van der Waals surface area contributed by atoms with Crippen LogP contribution in [0, 0.1) is 6.92 Å². The van der Waals surface area contributed by atoms with E-state index in [2.05, 4.69) is 4.98 Å². The molecule has 1 aromatic heterocycles. The van der Waals surface area contributed by atoms with Gasteiger partial charge in [0.25, 0.3) is 10.0 Å². The van der Waals surface area contributed by atoms with Crippen LogP contribution in [0.1, 0.15) is 12.2 Å². The van der Waals surface area contributed by atoms with E-state index in [4.69, 9.17) is 0 Å². The molecule has 2 aromatic carbocycles. The average Bonchev–Trinajstić information content (AvgIpc) is 3.00. The van der Waals surface area contributed by atoms with Crippen LogP contribution in [0.15, 0.2) is 71.9 Å². The molecule has 0 bridgehead atoms. The minimum atomic E-state index is -3.71. The Kier molecular flexibility index (Phi) is 6.29. The number of carbonyl (C=O) groups excluding carboxylic acids is 1. The van der Waals surface area contributed by atoms with Gasteiger partial charge >= 0.3 is 6.03 Å². The van der Waals surface area contributed by atoms with Crippen molar-refractivity contribution in [1.29, 1.82) is 0 Å². The van der Waals surface area contributed by atoms with Crippen LogP contribution in [-0.4, -0.2) is 59.4 Å². The van der Waals surface area contributed by atoms with E-state index >= 15 is 0 Å². The molecule has 3 aromatic rings. The largest absolute Gasteiger partial charge is 0.337 e. The molecule has 0 aliphatic carbocycles. The summed E-state index contributed by atoms with van der Waals surface area (Å²) in [6.45, 7) is 3.12. The van der Waals surface area contributed by atoms with Gasteiger partial charge in [0.2, 0.25) is 0 Å². The lowest BCUT2D eigenvalue weighted by atomic mass is 10.2. The number of nitrogens with zero attached hydrogens (tertiary/aromatic N) is 5. The summed E-state index contributed by atoms with van der Waals surface area (Å²) < 4.78 is 29.3. The van der Waals surface area contributed by atoms with Crippen LogP contribution in [0.2, 0.25) is 0 Å². The third kappa shape index (κ3) is 4.39. The highest BCUT2D eigenvalue weighted by Crippen LogP contribution is 2.27. The van der Waals surface area contributed by atoms with Gasteiger partial charge in [0.05, 0.1) is 11.4 Å². The first kappa shape index (κ1) is 22.0. The highest BCUT2D eigenvalue weighted by molar-refractivity contribution is 7.89. The second kappa shape index (κ2) is 9.13. The van der Waals surface area contributed by atoms with Crippen LogP contribution in [0.5, 0.6) is 0 Å². The minimum Gasteiger partial charge on any atom is -0.337 e. The van der Waals surface area contributed by atoms with Crippen molar-refractivity contribution in [2.75, 3.05) is 31.1 Å². The maximum atomic E-state index is 13.6. The molecule has 1 saturated heterocycles. The third-order valence-electron chi connectivity index (χ3n) is 5.64. The van der Waals surface area contributed by atoms with Crippen LogP contribution in [0.25, 0.3) is 0 Å². The number of urea groups is 1. The Labute approximate surface area is 188 Å². The van der Waals surface area contributed by atoms with Crippen LogP contribution in [0.3, 0.4) is 0 Å². The number of aryl methyl sites for hydroxylation is 2. The molecular formula is C23H27N5O3S. The number of hydrogen-bond acceptors (Lipinski definition) is 4. The van der Waals surface area contributed by atoms with Gasteiger partial charge in [-0.25, -0.2) is 18.2 Å². The summed E-state index contributed by atoms with van der Waals surface area (Å²) in [4.78, 5) is 21.2. The van der Waals surface area contributed by atoms with E-state index in [0.717, 1.165) is 11.4 Å². The van der Waals surface area contributed by atoms with Gasteiger partial charge < -0.3 is 9.47 Å². The lowest BCUT2D eigenvalue weighted by molar-refractivity contribution is 0.210. The van der Waals surface area contributed by atoms with Crippen LogP contribution in [0.4, 0.5) is 16.2 Å². The molecule has 0 atom stereocenters. The average molecular weight is 454 g/mol. The summed E-state index contributed by atoms with van der Waals surface area (Å²) in [7, 11) is -1.94. The van der Waals surface area contributed by atoms with E-state index in [1.165, 1.54) is 10.5 Å². The Morgan fingerprint density at radius 3 is 2.03 bits per heavy atom. The van der Waals surface area contributed by atoms with Crippen LogP contribution < -0.4 is 4.90 Å². The smallest absolute Gasteiger partial charge is 0.329 e. The van der Waals surface area contributed by atoms with Gasteiger partial charge in [-0.3, -0.25) is 4.90 Å². The van der Waals surface area contributed by atoms with Crippen molar-refractivity contribution in [3.63, 3.8) is 0 Å². The molecule has 0 spiro atoms. The summed E-state index contributed by atoms with van der Waals surface area (Å²) in [5.74, 6) is 0.636. The second-order valence-electron chi connectivity index (χ2n) is 7.77. The van der Waals surface area contributed by atoms with Gasteiger partial charge in [0.15, 0.2) is 5.03 Å². The zero-order chi connectivity index (χ0) is 22.7. The van der Waals surface area contributed by atoms with Crippen molar-refractivity contribution in [2.24, 2.45) is 7.05 Å². The van der Waals surface area contributed by atoms with Gasteiger partial charge in [-0.05, 0) is 37.6 Å². The number of rotatable bonds is 4. The fourth-order valence-corrected chi connectivity index (χ4v) is 5.27. The number of imidazole rings is 1. The molecule has 9 heteroatoms. The molecular weight excluding hydrogens is 426 g/mol. The Morgan fingerprint density at radius 1 is 0.906 bits per heavy atom. The predicted molar refractivity (Wildman–Crippen MR) is 123 cm³/mol. The molecule has 2 amide bonds. The molecule has 1 aliphatic rings. The topological polar surface area (TPSA) is 78.8 Å². The number of anilines is 2. The number of amides is 2. The molecule has 1 aliphatic heterocycles. The fourth-order valence-electron chi connectivity index (χ4n) is 3.77.